The summed E-state index contributed by atoms with van der Waals surface area (Å²) in [6.45, 7) is 1.24. The Morgan fingerprint density at radius 1 is 1.12 bits per heavy atom. The van der Waals surface area contributed by atoms with Crippen LogP contribution in [0.15, 0.2) is 54.6 Å². The number of benzene rings is 2. The molecule has 1 amide bonds. The zero-order valence-corrected chi connectivity index (χ0v) is 14.8. The Hall–Kier alpha value is -2.17. The lowest BCUT2D eigenvalue weighted by Gasteiger charge is -2.30. The zero-order valence-electron chi connectivity index (χ0n) is 14.8. The Morgan fingerprint density at radius 2 is 1.84 bits per heavy atom. The van der Waals surface area contributed by atoms with Crippen molar-refractivity contribution in [2.24, 2.45) is 0 Å². The molecule has 4 nitrogen and oxygen atoms in total. The Kier molecular flexibility index (Phi) is 5.84. The summed E-state index contributed by atoms with van der Waals surface area (Å²) in [5, 5.41) is 9.25. The Labute approximate surface area is 149 Å². The van der Waals surface area contributed by atoms with E-state index in [0.29, 0.717) is 13.0 Å². The summed E-state index contributed by atoms with van der Waals surface area (Å²) in [6, 6.07) is 18.5. The summed E-state index contributed by atoms with van der Waals surface area (Å²) in [6.07, 6.45) is 2.77. The fourth-order valence-electron chi connectivity index (χ4n) is 3.61. The molecule has 25 heavy (non-hydrogen) atoms. The largest absolute Gasteiger partial charge is 0.396 e. The highest BCUT2D eigenvalue weighted by Gasteiger charge is 2.29. The molecule has 0 fully saturated rings. The van der Waals surface area contributed by atoms with Crippen LogP contribution in [0.25, 0.3) is 0 Å². The minimum Gasteiger partial charge on any atom is -0.396 e. The second-order valence-corrected chi connectivity index (χ2v) is 6.59. The molecule has 2 aromatic carbocycles. The van der Waals surface area contributed by atoms with Crippen molar-refractivity contribution >= 4 is 11.6 Å². The monoisotopic (exact) mass is 338 g/mol. The van der Waals surface area contributed by atoms with Gasteiger partial charge in [-0.15, -0.1) is 0 Å². The number of likely N-dealkylation sites (N-methyl/N-ethyl adjacent to an activating group) is 1. The predicted octanol–water partition coefficient (Wildman–Crippen LogP) is 3.02. The number of hydrogen-bond acceptors (Lipinski definition) is 3. The van der Waals surface area contributed by atoms with Crippen LogP contribution in [0.5, 0.6) is 0 Å². The van der Waals surface area contributed by atoms with Gasteiger partial charge in [-0.1, -0.05) is 42.5 Å². The van der Waals surface area contributed by atoms with Gasteiger partial charge in [0.15, 0.2) is 0 Å². The molecule has 0 saturated carbocycles. The van der Waals surface area contributed by atoms with E-state index in [-0.39, 0.29) is 18.6 Å². The van der Waals surface area contributed by atoms with E-state index in [9.17, 15) is 9.90 Å². The van der Waals surface area contributed by atoms with Crippen molar-refractivity contribution in [3.63, 3.8) is 0 Å². The van der Waals surface area contributed by atoms with Gasteiger partial charge in [-0.2, -0.15) is 0 Å². The summed E-state index contributed by atoms with van der Waals surface area (Å²) in [4.78, 5) is 16.7. The Balaban J connectivity index is 1.74. The first-order valence-corrected chi connectivity index (χ1v) is 8.95. The molecule has 1 aliphatic carbocycles. The van der Waals surface area contributed by atoms with Gasteiger partial charge in [0.1, 0.15) is 0 Å². The molecule has 0 spiro atoms. The molecule has 0 aromatic heterocycles. The number of nitrogens with zero attached hydrogens (tertiary/aromatic N) is 2. The smallest absolute Gasteiger partial charge is 0.240 e. The number of aliphatic hydroxyl groups is 1. The molecule has 1 unspecified atom stereocenters. The van der Waals surface area contributed by atoms with Gasteiger partial charge in [0, 0.05) is 31.9 Å². The van der Waals surface area contributed by atoms with Crippen molar-refractivity contribution in [2.75, 3.05) is 31.6 Å². The molecule has 1 aliphatic rings. The molecule has 0 aliphatic heterocycles. The van der Waals surface area contributed by atoms with Crippen LogP contribution in [0, 0.1) is 0 Å². The third-order valence-corrected chi connectivity index (χ3v) is 5.00. The zero-order chi connectivity index (χ0) is 17.6. The van der Waals surface area contributed by atoms with Crippen LogP contribution < -0.4 is 4.90 Å². The second kappa shape index (κ2) is 8.28. The number of rotatable bonds is 7. The lowest BCUT2D eigenvalue weighted by molar-refractivity contribution is -0.120. The van der Waals surface area contributed by atoms with E-state index in [4.69, 9.17) is 0 Å². The lowest BCUT2D eigenvalue weighted by atomic mass is 10.1. The van der Waals surface area contributed by atoms with Gasteiger partial charge >= 0.3 is 0 Å². The number of fused-ring (bicyclic) bond motifs is 1. The number of carbonyl (C=O) groups is 1. The van der Waals surface area contributed by atoms with Crippen molar-refractivity contribution < 1.29 is 9.90 Å². The predicted molar refractivity (Wildman–Crippen MR) is 101 cm³/mol. The maximum Gasteiger partial charge on any atom is 0.240 e. The van der Waals surface area contributed by atoms with E-state index in [1.165, 1.54) is 11.1 Å². The van der Waals surface area contributed by atoms with Crippen LogP contribution in [0.1, 0.15) is 30.0 Å². The Bertz CT molecular complexity index is 702. The highest BCUT2D eigenvalue weighted by molar-refractivity contribution is 5.94. The minimum absolute atomic E-state index is 0.0773. The lowest BCUT2D eigenvalue weighted by Crippen LogP contribution is -2.40. The quantitative estimate of drug-likeness (QED) is 0.844. The summed E-state index contributed by atoms with van der Waals surface area (Å²) in [7, 11) is 1.82. The van der Waals surface area contributed by atoms with Crippen LogP contribution in [0.3, 0.4) is 0 Å². The maximum atomic E-state index is 12.8. The van der Waals surface area contributed by atoms with Crippen molar-refractivity contribution in [2.45, 2.75) is 25.3 Å². The average molecular weight is 338 g/mol. The molecular weight excluding hydrogens is 312 g/mol. The molecular formula is C21H26N2O2. The van der Waals surface area contributed by atoms with Crippen LogP contribution in [-0.2, 0) is 11.2 Å². The van der Waals surface area contributed by atoms with Crippen molar-refractivity contribution in [1.29, 1.82) is 0 Å². The highest BCUT2D eigenvalue weighted by Crippen LogP contribution is 2.35. The molecule has 0 saturated heterocycles. The number of anilines is 1. The number of aliphatic hydroxyl groups excluding tert-OH is 1. The molecule has 3 rings (SSSR count). The van der Waals surface area contributed by atoms with E-state index in [0.717, 1.165) is 25.1 Å². The Morgan fingerprint density at radius 3 is 2.60 bits per heavy atom. The third kappa shape index (κ3) is 4.09. The fourth-order valence-corrected chi connectivity index (χ4v) is 3.61. The van der Waals surface area contributed by atoms with Crippen LogP contribution in [-0.4, -0.2) is 42.7 Å². The first-order chi connectivity index (χ1) is 12.2. The second-order valence-electron chi connectivity index (χ2n) is 6.59. The summed E-state index contributed by atoms with van der Waals surface area (Å²) < 4.78 is 0. The van der Waals surface area contributed by atoms with Crippen LogP contribution >= 0.6 is 0 Å². The average Bonchev–Trinajstić information content (AvgIpc) is 3.09. The van der Waals surface area contributed by atoms with Gasteiger partial charge in [0.05, 0.1) is 6.54 Å². The minimum atomic E-state index is 0.0773. The van der Waals surface area contributed by atoms with Gasteiger partial charge in [-0.3, -0.25) is 9.69 Å². The SMILES string of the molecule is CN(C(=O)CN(CCCO)C1CCc2ccccc21)c1ccccc1. The van der Waals surface area contributed by atoms with Crippen molar-refractivity contribution in [3.05, 3.63) is 65.7 Å². The maximum absolute atomic E-state index is 12.8. The number of aryl methyl sites for hydroxylation is 1. The molecule has 1 N–H and O–H groups in total. The normalized spacial score (nSPS) is 16.0. The summed E-state index contributed by atoms with van der Waals surface area (Å²) in [5.74, 6) is 0.0773. The third-order valence-electron chi connectivity index (χ3n) is 5.00. The number of carbonyl (C=O) groups excluding carboxylic acids is 1. The number of para-hydroxylation sites is 1. The highest BCUT2D eigenvalue weighted by atomic mass is 16.3. The molecule has 2 aromatic rings. The van der Waals surface area contributed by atoms with E-state index >= 15 is 0 Å². The first-order valence-electron chi connectivity index (χ1n) is 8.95. The topological polar surface area (TPSA) is 43.8 Å². The molecule has 4 heteroatoms. The summed E-state index contributed by atoms with van der Waals surface area (Å²) in [5.41, 5.74) is 3.61. The van der Waals surface area contributed by atoms with E-state index < -0.39 is 0 Å². The van der Waals surface area contributed by atoms with Gasteiger partial charge in [-0.25, -0.2) is 0 Å². The fraction of sp³-hybridized carbons (Fsp3) is 0.381. The van der Waals surface area contributed by atoms with Gasteiger partial charge < -0.3 is 10.0 Å². The molecule has 0 radical (unpaired) electrons. The first kappa shape index (κ1) is 17.6. The number of hydrogen-bond donors (Lipinski definition) is 1. The van der Waals surface area contributed by atoms with Crippen LogP contribution in [0.4, 0.5) is 5.69 Å². The molecule has 132 valence electrons. The van der Waals surface area contributed by atoms with Gasteiger partial charge in [0.2, 0.25) is 5.91 Å². The molecule has 1 atom stereocenters. The van der Waals surface area contributed by atoms with E-state index in [1.807, 2.05) is 37.4 Å². The molecule has 0 heterocycles. The van der Waals surface area contributed by atoms with E-state index in [1.54, 1.807) is 4.90 Å². The van der Waals surface area contributed by atoms with Gasteiger partial charge in [-0.05, 0) is 42.5 Å². The summed E-state index contributed by atoms with van der Waals surface area (Å²) >= 11 is 0. The van der Waals surface area contributed by atoms with E-state index in [2.05, 4.69) is 29.2 Å². The van der Waals surface area contributed by atoms with Crippen molar-refractivity contribution in [1.82, 2.24) is 4.90 Å². The number of amides is 1. The van der Waals surface area contributed by atoms with Crippen LogP contribution in [0.2, 0.25) is 0 Å². The molecule has 0 bridgehead atoms. The standard InChI is InChI=1S/C21H26N2O2/c1-22(18-9-3-2-4-10-18)21(25)16-23(14-7-15-24)20-13-12-17-8-5-6-11-19(17)20/h2-6,8-11,20,24H,7,12-16H2,1H3. The van der Waals surface area contributed by atoms with Gasteiger partial charge in [0.25, 0.3) is 0 Å². The van der Waals surface area contributed by atoms with Crippen molar-refractivity contribution in [3.8, 4) is 0 Å².